The molecule has 2 heterocycles. The molecule has 1 spiro atoms. The lowest BCUT2D eigenvalue weighted by Crippen LogP contribution is -2.49. The molecule has 1 atom stereocenters. The molecule has 2 aliphatic heterocycles. The van der Waals surface area contributed by atoms with E-state index in [4.69, 9.17) is 28.5 Å². The zero-order valence-corrected chi connectivity index (χ0v) is 18.6. The number of carbonyl (C=O) groups excluding carboxylic acids is 1. The van der Waals surface area contributed by atoms with Crippen LogP contribution < -0.4 is 4.90 Å². The van der Waals surface area contributed by atoms with Crippen molar-refractivity contribution >= 4 is 44.8 Å². The topological polar surface area (TPSA) is 81.5 Å². The summed E-state index contributed by atoms with van der Waals surface area (Å²) < 4.78 is 42.2. The molecule has 6 nitrogen and oxygen atoms in total. The van der Waals surface area contributed by atoms with Crippen molar-refractivity contribution in [3.8, 4) is 6.07 Å². The van der Waals surface area contributed by atoms with Gasteiger partial charge < -0.3 is 4.90 Å². The standard InChI is InChI=1S/C21H18Cl2FN3O3S/c22-15-3-4-18(17(24)11-15)27-9-7-21(20(27)28)6-1-8-26(13-21)31(29,30)19-5-2-14(12-25)10-16(19)23/h2-5,10-11H,1,6-9,13H2. The maximum absolute atomic E-state index is 14.4. The highest BCUT2D eigenvalue weighted by molar-refractivity contribution is 7.89. The summed E-state index contributed by atoms with van der Waals surface area (Å²) in [5.41, 5.74) is -0.525. The van der Waals surface area contributed by atoms with E-state index in [1.807, 2.05) is 6.07 Å². The van der Waals surface area contributed by atoms with Gasteiger partial charge in [-0.15, -0.1) is 0 Å². The number of amides is 1. The predicted octanol–water partition coefficient (Wildman–Crippen LogP) is 4.21. The Morgan fingerprint density at radius 1 is 1.10 bits per heavy atom. The Hall–Kier alpha value is -2.18. The molecule has 2 aromatic carbocycles. The van der Waals surface area contributed by atoms with Crippen LogP contribution >= 0.6 is 23.2 Å². The summed E-state index contributed by atoms with van der Waals surface area (Å²) in [5, 5.41) is 9.17. The van der Waals surface area contributed by atoms with Crippen molar-refractivity contribution in [1.29, 1.82) is 5.26 Å². The quantitative estimate of drug-likeness (QED) is 0.657. The second kappa shape index (κ2) is 8.06. The van der Waals surface area contributed by atoms with Crippen LogP contribution in [-0.4, -0.2) is 38.3 Å². The highest BCUT2D eigenvalue weighted by atomic mass is 35.5. The third kappa shape index (κ3) is 3.80. The second-order valence-electron chi connectivity index (χ2n) is 7.78. The first-order valence-electron chi connectivity index (χ1n) is 9.65. The lowest BCUT2D eigenvalue weighted by atomic mass is 9.79. The number of nitriles is 1. The van der Waals surface area contributed by atoms with Gasteiger partial charge in [-0.05, 0) is 55.7 Å². The van der Waals surface area contributed by atoms with Gasteiger partial charge in [0.1, 0.15) is 10.7 Å². The first-order valence-corrected chi connectivity index (χ1v) is 11.8. The number of benzene rings is 2. The van der Waals surface area contributed by atoms with E-state index < -0.39 is 21.3 Å². The minimum Gasteiger partial charge on any atom is -0.309 e. The van der Waals surface area contributed by atoms with E-state index in [0.717, 1.165) is 6.07 Å². The molecule has 2 fully saturated rings. The van der Waals surface area contributed by atoms with Crippen LogP contribution in [0.1, 0.15) is 24.8 Å². The average Bonchev–Trinajstić information content (AvgIpc) is 3.03. The van der Waals surface area contributed by atoms with Crippen molar-refractivity contribution in [1.82, 2.24) is 4.31 Å². The molecule has 2 aromatic rings. The van der Waals surface area contributed by atoms with E-state index in [-0.39, 0.29) is 45.2 Å². The molecule has 1 unspecified atom stereocenters. The van der Waals surface area contributed by atoms with Gasteiger partial charge in [0.25, 0.3) is 0 Å². The van der Waals surface area contributed by atoms with Gasteiger partial charge in [-0.3, -0.25) is 4.79 Å². The summed E-state index contributed by atoms with van der Waals surface area (Å²) in [6, 6.07) is 10.1. The Labute approximate surface area is 189 Å². The molecule has 0 bridgehead atoms. The van der Waals surface area contributed by atoms with Gasteiger partial charge in [-0.2, -0.15) is 9.57 Å². The van der Waals surface area contributed by atoms with E-state index in [1.54, 1.807) is 0 Å². The molecule has 4 rings (SSSR count). The zero-order chi connectivity index (χ0) is 22.4. The monoisotopic (exact) mass is 481 g/mol. The Morgan fingerprint density at radius 3 is 2.55 bits per heavy atom. The van der Waals surface area contributed by atoms with Gasteiger partial charge in [0.2, 0.25) is 15.9 Å². The third-order valence-corrected chi connectivity index (χ3v) is 8.50. The molecule has 2 saturated heterocycles. The molecule has 0 radical (unpaired) electrons. The lowest BCUT2D eigenvalue weighted by Gasteiger charge is -2.38. The van der Waals surface area contributed by atoms with Gasteiger partial charge in [0.15, 0.2) is 0 Å². The third-order valence-electron chi connectivity index (χ3n) is 5.93. The van der Waals surface area contributed by atoms with Crippen LogP contribution in [-0.2, 0) is 14.8 Å². The number of halogens is 3. The van der Waals surface area contributed by atoms with Crippen molar-refractivity contribution in [3.63, 3.8) is 0 Å². The van der Waals surface area contributed by atoms with Crippen molar-refractivity contribution in [2.75, 3.05) is 24.5 Å². The van der Waals surface area contributed by atoms with E-state index in [9.17, 15) is 17.6 Å². The fourth-order valence-electron chi connectivity index (χ4n) is 4.34. The number of sulfonamides is 1. The maximum atomic E-state index is 14.4. The molecule has 0 saturated carbocycles. The van der Waals surface area contributed by atoms with Crippen LogP contribution in [0, 0.1) is 22.6 Å². The first kappa shape index (κ1) is 22.0. The summed E-state index contributed by atoms with van der Waals surface area (Å²) in [7, 11) is -3.97. The Balaban J connectivity index is 1.62. The van der Waals surface area contributed by atoms with Gasteiger partial charge in [-0.25, -0.2) is 12.8 Å². The summed E-state index contributed by atoms with van der Waals surface area (Å²) in [6.07, 6.45) is 1.43. The van der Waals surface area contributed by atoms with Crippen LogP contribution in [0.25, 0.3) is 0 Å². The highest BCUT2D eigenvalue weighted by Crippen LogP contribution is 2.44. The van der Waals surface area contributed by atoms with Gasteiger partial charge in [0.05, 0.1) is 27.8 Å². The first-order chi connectivity index (χ1) is 14.7. The van der Waals surface area contributed by atoms with Crippen molar-refractivity contribution < 1.29 is 17.6 Å². The van der Waals surface area contributed by atoms with E-state index in [1.165, 1.54) is 39.5 Å². The molecule has 10 heteroatoms. The van der Waals surface area contributed by atoms with E-state index in [2.05, 4.69) is 0 Å². The number of nitrogens with zero attached hydrogens (tertiary/aromatic N) is 3. The zero-order valence-electron chi connectivity index (χ0n) is 16.3. The number of carbonyl (C=O) groups is 1. The van der Waals surface area contributed by atoms with Crippen LogP contribution in [0.4, 0.5) is 10.1 Å². The van der Waals surface area contributed by atoms with Crippen molar-refractivity contribution in [3.05, 3.63) is 57.8 Å². The van der Waals surface area contributed by atoms with E-state index >= 15 is 0 Å². The molecule has 31 heavy (non-hydrogen) atoms. The van der Waals surface area contributed by atoms with Crippen LogP contribution in [0.5, 0.6) is 0 Å². The summed E-state index contributed by atoms with van der Waals surface area (Å²) in [6.45, 7) is 0.544. The Bertz CT molecular complexity index is 1210. The van der Waals surface area contributed by atoms with Gasteiger partial charge >= 0.3 is 0 Å². The molecule has 162 valence electrons. The normalized spacial score (nSPS) is 22.1. The SMILES string of the molecule is N#Cc1ccc(S(=O)(=O)N2CCCC3(CCN(c4ccc(Cl)cc4F)C3=O)C2)c(Cl)c1. The fraction of sp³-hybridized carbons (Fsp3) is 0.333. The second-order valence-corrected chi connectivity index (χ2v) is 10.5. The Morgan fingerprint density at radius 2 is 1.87 bits per heavy atom. The summed E-state index contributed by atoms with van der Waals surface area (Å²) in [5.74, 6) is -0.887. The molecule has 0 N–H and O–H groups in total. The van der Waals surface area contributed by atoms with Gasteiger partial charge in [-0.1, -0.05) is 23.2 Å². The van der Waals surface area contributed by atoms with Crippen LogP contribution in [0.3, 0.4) is 0 Å². The molecule has 2 aliphatic rings. The minimum absolute atomic E-state index is 0.00376. The largest absolute Gasteiger partial charge is 0.309 e. The molecule has 0 aliphatic carbocycles. The number of hydrogen-bond acceptors (Lipinski definition) is 4. The van der Waals surface area contributed by atoms with Crippen molar-refractivity contribution in [2.24, 2.45) is 5.41 Å². The fourth-order valence-corrected chi connectivity index (χ4v) is 6.58. The van der Waals surface area contributed by atoms with Gasteiger partial charge in [0, 0.05) is 24.7 Å². The average molecular weight is 482 g/mol. The molecular formula is C21H18Cl2FN3O3S. The number of piperidine rings is 1. The highest BCUT2D eigenvalue weighted by Gasteiger charge is 2.51. The summed E-state index contributed by atoms with van der Waals surface area (Å²) >= 11 is 12.0. The van der Waals surface area contributed by atoms with Crippen molar-refractivity contribution in [2.45, 2.75) is 24.2 Å². The summed E-state index contributed by atoms with van der Waals surface area (Å²) in [4.78, 5) is 14.6. The lowest BCUT2D eigenvalue weighted by molar-refractivity contribution is -0.127. The molecular weight excluding hydrogens is 464 g/mol. The predicted molar refractivity (Wildman–Crippen MR) is 115 cm³/mol. The van der Waals surface area contributed by atoms with Crippen LogP contribution in [0.15, 0.2) is 41.3 Å². The van der Waals surface area contributed by atoms with Crippen LogP contribution in [0.2, 0.25) is 10.0 Å². The van der Waals surface area contributed by atoms with E-state index in [0.29, 0.717) is 25.8 Å². The molecule has 1 amide bonds. The number of rotatable bonds is 3. The molecule has 0 aromatic heterocycles. The number of hydrogen-bond donors (Lipinski definition) is 0. The maximum Gasteiger partial charge on any atom is 0.244 e. The minimum atomic E-state index is -3.97. The number of anilines is 1. The smallest absolute Gasteiger partial charge is 0.244 e. The Kier molecular flexibility index (Phi) is 5.73.